The maximum absolute atomic E-state index is 13.1. The molecule has 8 heteroatoms. The summed E-state index contributed by atoms with van der Waals surface area (Å²) in [4.78, 5) is 50.8. The molecule has 4 rings (SSSR count). The van der Waals surface area contributed by atoms with E-state index in [9.17, 15) is 19.2 Å². The van der Waals surface area contributed by atoms with Crippen molar-refractivity contribution in [2.75, 3.05) is 15.5 Å². The molecule has 3 N–H and O–H groups in total. The maximum atomic E-state index is 13.1. The van der Waals surface area contributed by atoms with E-state index < -0.39 is 17.5 Å². The molecule has 142 valence electrons. The van der Waals surface area contributed by atoms with Crippen LogP contribution in [0, 0.1) is 0 Å². The summed E-state index contributed by atoms with van der Waals surface area (Å²) in [5.41, 5.74) is 0.423. The van der Waals surface area contributed by atoms with Gasteiger partial charge in [-0.25, -0.2) is 0 Å². The topological polar surface area (TPSA) is 108 Å². The first-order valence-electron chi connectivity index (χ1n) is 8.84. The Bertz CT molecular complexity index is 1000. The molecule has 0 saturated carbocycles. The van der Waals surface area contributed by atoms with Crippen molar-refractivity contribution in [3.05, 3.63) is 54.1 Å². The first-order valence-corrected chi connectivity index (χ1v) is 8.84. The minimum absolute atomic E-state index is 0.156. The number of hydrogen-bond donors (Lipinski definition) is 3. The largest absolute Gasteiger partial charge is 0.326 e. The second kappa shape index (κ2) is 6.49. The third kappa shape index (κ3) is 2.79. The lowest BCUT2D eigenvalue weighted by atomic mass is 9.98. The maximum Gasteiger partial charge on any atom is 0.271 e. The molecule has 0 radical (unpaired) electrons. The number of para-hydroxylation sites is 1. The van der Waals surface area contributed by atoms with Gasteiger partial charge in [-0.3, -0.25) is 24.1 Å². The highest BCUT2D eigenvalue weighted by molar-refractivity contribution is 6.18. The average Bonchev–Trinajstić information content (AvgIpc) is 3.01. The van der Waals surface area contributed by atoms with E-state index in [1.54, 1.807) is 48.5 Å². The van der Waals surface area contributed by atoms with Crippen LogP contribution in [0.5, 0.6) is 0 Å². The molecule has 28 heavy (non-hydrogen) atoms. The average molecular weight is 378 g/mol. The normalized spacial score (nSPS) is 20.1. The van der Waals surface area contributed by atoms with Gasteiger partial charge in [-0.15, -0.1) is 0 Å². The first-order chi connectivity index (χ1) is 13.4. The van der Waals surface area contributed by atoms with Crippen molar-refractivity contribution in [2.45, 2.75) is 25.4 Å². The zero-order valence-electron chi connectivity index (χ0n) is 15.1. The highest BCUT2D eigenvalue weighted by Gasteiger charge is 2.56. The van der Waals surface area contributed by atoms with E-state index in [-0.39, 0.29) is 24.7 Å². The lowest BCUT2D eigenvalue weighted by Gasteiger charge is -2.41. The number of hydrogen-bond acceptors (Lipinski definition) is 4. The first kappa shape index (κ1) is 17.7. The highest BCUT2D eigenvalue weighted by atomic mass is 16.2. The fourth-order valence-corrected chi connectivity index (χ4v) is 3.64. The molecule has 0 unspecified atom stereocenters. The Labute approximate surface area is 160 Å². The minimum atomic E-state index is -1.46. The fourth-order valence-electron chi connectivity index (χ4n) is 3.64. The van der Waals surface area contributed by atoms with Crippen LogP contribution in [0.1, 0.15) is 30.1 Å². The second-order valence-electron chi connectivity index (χ2n) is 6.77. The van der Waals surface area contributed by atoms with Crippen LogP contribution in [0.4, 0.5) is 17.1 Å². The number of anilines is 3. The molecule has 2 heterocycles. The molecule has 2 aliphatic heterocycles. The number of rotatable bonds is 3. The minimum Gasteiger partial charge on any atom is -0.326 e. The van der Waals surface area contributed by atoms with Gasteiger partial charge in [0, 0.05) is 31.1 Å². The Morgan fingerprint density at radius 1 is 1.00 bits per heavy atom. The van der Waals surface area contributed by atoms with Crippen molar-refractivity contribution < 1.29 is 19.2 Å². The molecule has 1 saturated heterocycles. The number of nitrogens with zero attached hydrogens (tertiary/aromatic N) is 1. The monoisotopic (exact) mass is 378 g/mol. The summed E-state index contributed by atoms with van der Waals surface area (Å²) in [7, 11) is 0. The Hall–Kier alpha value is -3.68. The van der Waals surface area contributed by atoms with E-state index in [0.29, 0.717) is 22.6 Å². The van der Waals surface area contributed by atoms with Crippen molar-refractivity contribution in [3.8, 4) is 0 Å². The van der Waals surface area contributed by atoms with E-state index in [4.69, 9.17) is 0 Å². The van der Waals surface area contributed by atoms with Gasteiger partial charge in [-0.2, -0.15) is 0 Å². The molecular weight excluding hydrogens is 360 g/mol. The number of benzene rings is 2. The van der Waals surface area contributed by atoms with Crippen molar-refractivity contribution >= 4 is 40.7 Å². The van der Waals surface area contributed by atoms with Crippen LogP contribution in [-0.4, -0.2) is 29.3 Å². The third-order valence-corrected chi connectivity index (χ3v) is 4.88. The van der Waals surface area contributed by atoms with Crippen LogP contribution in [-0.2, 0) is 14.4 Å². The lowest BCUT2D eigenvalue weighted by Crippen LogP contribution is -2.68. The molecule has 1 fully saturated rings. The molecule has 1 atom stereocenters. The summed E-state index contributed by atoms with van der Waals surface area (Å²) in [5.74, 6) is -1.30. The standard InChI is InChI=1S/C20H18N4O4/c1-12(25)21-13-6-8-14(9-7-13)22-19(28)20-11-10-17(26)24(20)16-5-3-2-4-15(16)18(27)23-20/h2-9H,10-11H2,1H3,(H,21,25)(H,22,28)(H,23,27)/t20-/m1/s1. The Balaban J connectivity index is 1.64. The number of amides is 4. The quantitative estimate of drug-likeness (QED) is 0.757. The van der Waals surface area contributed by atoms with Gasteiger partial charge in [0.05, 0.1) is 11.3 Å². The van der Waals surface area contributed by atoms with Gasteiger partial charge in [-0.1, -0.05) is 12.1 Å². The Kier molecular flexibility index (Phi) is 4.11. The van der Waals surface area contributed by atoms with Crippen molar-refractivity contribution in [3.63, 3.8) is 0 Å². The van der Waals surface area contributed by atoms with Crippen LogP contribution in [0.3, 0.4) is 0 Å². The summed E-state index contributed by atoms with van der Waals surface area (Å²) >= 11 is 0. The zero-order valence-corrected chi connectivity index (χ0v) is 15.1. The summed E-state index contributed by atoms with van der Waals surface area (Å²) in [6, 6.07) is 13.3. The highest BCUT2D eigenvalue weighted by Crippen LogP contribution is 2.39. The summed E-state index contributed by atoms with van der Waals surface area (Å²) in [6.07, 6.45) is 0.339. The summed E-state index contributed by atoms with van der Waals surface area (Å²) in [6.45, 7) is 1.41. The van der Waals surface area contributed by atoms with E-state index in [2.05, 4.69) is 16.0 Å². The Morgan fingerprint density at radius 3 is 2.32 bits per heavy atom. The molecule has 0 aromatic heterocycles. The van der Waals surface area contributed by atoms with Gasteiger partial charge < -0.3 is 16.0 Å². The van der Waals surface area contributed by atoms with Gasteiger partial charge in [0.1, 0.15) is 0 Å². The van der Waals surface area contributed by atoms with Crippen LogP contribution in [0.25, 0.3) is 0 Å². The summed E-state index contributed by atoms with van der Waals surface area (Å²) < 4.78 is 0. The molecule has 0 spiro atoms. The van der Waals surface area contributed by atoms with E-state index in [0.717, 1.165) is 0 Å². The van der Waals surface area contributed by atoms with Gasteiger partial charge in [0.15, 0.2) is 0 Å². The van der Waals surface area contributed by atoms with Gasteiger partial charge >= 0.3 is 0 Å². The zero-order chi connectivity index (χ0) is 19.9. The van der Waals surface area contributed by atoms with Crippen molar-refractivity contribution in [1.82, 2.24) is 5.32 Å². The van der Waals surface area contributed by atoms with Crippen LogP contribution in [0.15, 0.2) is 48.5 Å². The van der Waals surface area contributed by atoms with Crippen molar-refractivity contribution in [1.29, 1.82) is 0 Å². The second-order valence-corrected chi connectivity index (χ2v) is 6.77. The molecule has 2 aromatic rings. The molecule has 4 amide bonds. The van der Waals surface area contributed by atoms with Crippen LogP contribution < -0.4 is 20.9 Å². The van der Waals surface area contributed by atoms with E-state index >= 15 is 0 Å². The molecule has 2 aromatic carbocycles. The predicted molar refractivity (Wildman–Crippen MR) is 103 cm³/mol. The number of fused-ring (bicyclic) bond motifs is 3. The predicted octanol–water partition coefficient (Wildman–Crippen LogP) is 1.85. The van der Waals surface area contributed by atoms with Gasteiger partial charge in [0.2, 0.25) is 17.5 Å². The number of carbonyl (C=O) groups is 4. The molecule has 2 aliphatic rings. The lowest BCUT2D eigenvalue weighted by molar-refractivity contribution is -0.124. The van der Waals surface area contributed by atoms with Crippen molar-refractivity contribution in [2.24, 2.45) is 0 Å². The van der Waals surface area contributed by atoms with Gasteiger partial charge in [-0.05, 0) is 36.4 Å². The molecule has 8 nitrogen and oxygen atoms in total. The van der Waals surface area contributed by atoms with E-state index in [1.807, 2.05) is 0 Å². The van der Waals surface area contributed by atoms with Crippen LogP contribution >= 0.6 is 0 Å². The fraction of sp³-hybridized carbons (Fsp3) is 0.200. The SMILES string of the molecule is CC(=O)Nc1ccc(NC(=O)[C@@]23CCC(=O)N2c2ccccc2C(=O)N3)cc1. The Morgan fingerprint density at radius 2 is 1.64 bits per heavy atom. The third-order valence-electron chi connectivity index (χ3n) is 4.88. The number of nitrogens with one attached hydrogen (secondary N) is 3. The van der Waals surface area contributed by atoms with E-state index in [1.165, 1.54) is 11.8 Å². The van der Waals surface area contributed by atoms with Crippen LogP contribution in [0.2, 0.25) is 0 Å². The number of carbonyl (C=O) groups excluding carboxylic acids is 4. The molecule has 0 bridgehead atoms. The smallest absolute Gasteiger partial charge is 0.271 e. The summed E-state index contributed by atoms with van der Waals surface area (Å²) in [5, 5.41) is 8.14. The van der Waals surface area contributed by atoms with Gasteiger partial charge in [0.25, 0.3) is 11.8 Å². The molecule has 0 aliphatic carbocycles. The molecular formula is C20H18N4O4.